The highest BCUT2D eigenvalue weighted by atomic mass is 16.3. The normalized spacial score (nSPS) is 15.1. The molecule has 1 aliphatic rings. The Morgan fingerprint density at radius 3 is 2.02 bits per heavy atom. The van der Waals surface area contributed by atoms with Crippen LogP contribution < -0.4 is 0 Å². The van der Waals surface area contributed by atoms with Crippen molar-refractivity contribution in [3.63, 3.8) is 0 Å². The first-order chi connectivity index (χ1) is 23.7. The van der Waals surface area contributed by atoms with Gasteiger partial charge in [-0.25, -0.2) is 0 Å². The number of rotatable bonds is 2. The molecule has 1 aliphatic heterocycles. The number of aromatic nitrogens is 1. The first kappa shape index (κ1) is 25.8. The van der Waals surface area contributed by atoms with Gasteiger partial charge in [0.05, 0.1) is 16.6 Å². The maximum absolute atomic E-state index is 6.58. The van der Waals surface area contributed by atoms with Gasteiger partial charge >= 0.3 is 0 Å². The van der Waals surface area contributed by atoms with Gasteiger partial charge in [-0.2, -0.15) is 4.99 Å². The lowest BCUT2D eigenvalue weighted by Crippen LogP contribution is -2.38. The predicted octanol–water partition coefficient (Wildman–Crippen LogP) is 11.3. The molecule has 7 aromatic carbocycles. The van der Waals surface area contributed by atoms with Crippen molar-refractivity contribution >= 4 is 88.0 Å². The summed E-state index contributed by atoms with van der Waals surface area (Å²) in [7, 11) is 2.16. The van der Waals surface area contributed by atoms with Crippen LogP contribution in [-0.2, 0) is 0 Å². The van der Waals surface area contributed by atoms with Gasteiger partial charge in [-0.05, 0) is 70.1 Å². The molecule has 0 bridgehead atoms. The van der Waals surface area contributed by atoms with Crippen LogP contribution in [0.2, 0.25) is 0 Å². The molecule has 48 heavy (non-hydrogen) atoms. The van der Waals surface area contributed by atoms with Crippen LogP contribution in [0.4, 0.5) is 5.88 Å². The molecule has 226 valence electrons. The zero-order valence-electron chi connectivity index (χ0n) is 26.0. The van der Waals surface area contributed by atoms with Crippen molar-refractivity contribution in [2.75, 3.05) is 7.05 Å². The lowest BCUT2D eigenvalue weighted by molar-refractivity contribution is 0.334. The van der Waals surface area contributed by atoms with Crippen LogP contribution in [0.1, 0.15) is 17.3 Å². The number of aliphatic imine (C=N–C) groups is 1. The van der Waals surface area contributed by atoms with Gasteiger partial charge in [0, 0.05) is 39.5 Å². The van der Waals surface area contributed by atoms with E-state index >= 15 is 0 Å². The maximum atomic E-state index is 6.58. The van der Waals surface area contributed by atoms with Crippen LogP contribution in [0.25, 0.3) is 76.3 Å². The van der Waals surface area contributed by atoms with Crippen molar-refractivity contribution in [2.24, 2.45) is 4.99 Å². The highest BCUT2D eigenvalue weighted by Gasteiger charge is 2.36. The maximum Gasteiger partial charge on any atom is 0.229 e. The van der Waals surface area contributed by atoms with Crippen LogP contribution in [0.5, 0.6) is 0 Å². The fourth-order valence-electron chi connectivity index (χ4n) is 8.07. The minimum atomic E-state index is -0.240. The summed E-state index contributed by atoms with van der Waals surface area (Å²) in [5.41, 5.74) is 6.98. The lowest BCUT2D eigenvalue weighted by atomic mass is 10.0. The molecule has 4 heterocycles. The van der Waals surface area contributed by atoms with E-state index in [0.29, 0.717) is 5.88 Å². The van der Waals surface area contributed by atoms with Gasteiger partial charge in [-0.15, -0.1) is 0 Å². The molecule has 5 heteroatoms. The first-order valence-electron chi connectivity index (χ1n) is 16.3. The van der Waals surface area contributed by atoms with Crippen molar-refractivity contribution in [3.8, 4) is 0 Å². The second-order valence-corrected chi connectivity index (χ2v) is 12.8. The SMILES string of the molecule is CN1C(c2ccc3oc4ccccc4c3c2)=Nc2oc3ccccc3c2C1n1c2cc3ccccc3cc2c2c3ccccc3ccc21. The summed E-state index contributed by atoms with van der Waals surface area (Å²) in [4.78, 5) is 7.57. The number of hydrogen-bond donors (Lipinski definition) is 0. The Morgan fingerprint density at radius 2 is 1.19 bits per heavy atom. The molecule has 0 N–H and O–H groups in total. The van der Waals surface area contributed by atoms with E-state index in [2.05, 4.69) is 132 Å². The molecule has 1 unspecified atom stereocenters. The topological polar surface area (TPSA) is 46.8 Å². The Balaban J connectivity index is 1.25. The van der Waals surface area contributed by atoms with Crippen molar-refractivity contribution in [3.05, 3.63) is 151 Å². The Morgan fingerprint density at radius 1 is 0.521 bits per heavy atom. The van der Waals surface area contributed by atoms with Crippen molar-refractivity contribution in [1.82, 2.24) is 9.47 Å². The largest absolute Gasteiger partial charge is 0.456 e. The minimum absolute atomic E-state index is 0.240. The average Bonchev–Trinajstić information content (AvgIpc) is 3.79. The van der Waals surface area contributed by atoms with Gasteiger partial charge in [-0.1, -0.05) is 91.0 Å². The van der Waals surface area contributed by atoms with E-state index in [4.69, 9.17) is 13.8 Å². The quantitative estimate of drug-likeness (QED) is 0.194. The van der Waals surface area contributed by atoms with Crippen LogP contribution >= 0.6 is 0 Å². The zero-order valence-corrected chi connectivity index (χ0v) is 26.0. The fourth-order valence-corrected chi connectivity index (χ4v) is 8.07. The molecule has 1 atom stereocenters. The Hall–Kier alpha value is -6.33. The number of hydrogen-bond acceptors (Lipinski definition) is 4. The highest BCUT2D eigenvalue weighted by Crippen LogP contribution is 2.48. The second kappa shape index (κ2) is 9.36. The number of amidine groups is 1. The molecule has 10 aromatic rings. The number of fused-ring (bicyclic) bond motifs is 12. The number of para-hydroxylation sites is 2. The third-order valence-corrected chi connectivity index (χ3v) is 10.2. The van der Waals surface area contributed by atoms with Gasteiger partial charge in [0.2, 0.25) is 5.88 Å². The molecule has 3 aromatic heterocycles. The van der Waals surface area contributed by atoms with Gasteiger partial charge in [-0.3, -0.25) is 0 Å². The zero-order chi connectivity index (χ0) is 31.5. The summed E-state index contributed by atoms with van der Waals surface area (Å²) < 4.78 is 15.3. The lowest BCUT2D eigenvalue weighted by Gasteiger charge is -2.36. The van der Waals surface area contributed by atoms with Crippen molar-refractivity contribution in [2.45, 2.75) is 6.17 Å². The molecule has 0 saturated carbocycles. The number of benzene rings is 7. The first-order valence-corrected chi connectivity index (χ1v) is 16.3. The van der Waals surface area contributed by atoms with E-state index in [0.717, 1.165) is 49.9 Å². The van der Waals surface area contributed by atoms with E-state index in [1.54, 1.807) is 0 Å². The molecule has 5 nitrogen and oxygen atoms in total. The molecule has 0 fully saturated rings. The van der Waals surface area contributed by atoms with E-state index in [1.165, 1.54) is 43.4 Å². The molecule has 0 spiro atoms. The van der Waals surface area contributed by atoms with Crippen molar-refractivity contribution in [1.29, 1.82) is 0 Å². The number of nitrogens with zero attached hydrogens (tertiary/aromatic N) is 3. The molecule has 0 aliphatic carbocycles. The van der Waals surface area contributed by atoms with E-state index in [-0.39, 0.29) is 6.17 Å². The minimum Gasteiger partial charge on any atom is -0.456 e. The number of furan rings is 2. The summed E-state index contributed by atoms with van der Waals surface area (Å²) in [6.07, 6.45) is -0.240. The molecule has 0 amide bonds. The van der Waals surface area contributed by atoms with Gasteiger partial charge in [0.15, 0.2) is 0 Å². The molecule has 0 radical (unpaired) electrons. The Kier molecular flexibility index (Phi) is 5.04. The van der Waals surface area contributed by atoms with Crippen LogP contribution in [0, 0.1) is 0 Å². The van der Waals surface area contributed by atoms with Crippen LogP contribution in [0.15, 0.2) is 153 Å². The summed E-state index contributed by atoms with van der Waals surface area (Å²) in [5, 5.41) is 10.6. The predicted molar refractivity (Wildman–Crippen MR) is 196 cm³/mol. The molecular weight excluding hydrogens is 590 g/mol. The summed E-state index contributed by atoms with van der Waals surface area (Å²) in [6.45, 7) is 0. The van der Waals surface area contributed by atoms with Crippen molar-refractivity contribution < 1.29 is 8.83 Å². The fraction of sp³-hybridized carbons (Fsp3) is 0.0465. The third kappa shape index (κ3) is 3.42. The standard InChI is InChI=1S/C43H27N3O2/c1-45-41(28-19-21-38-32(23-28)30-14-6-8-16-36(30)47-38)44-42-40(31-15-7-9-17-37(31)48-42)43(45)46-34-20-18-25-10-4-5-13-29(25)39(34)33-22-26-11-2-3-12-27(26)24-35(33)46/h2-24,43H,1H3. The van der Waals surface area contributed by atoms with E-state index in [9.17, 15) is 0 Å². The summed E-state index contributed by atoms with van der Waals surface area (Å²) in [5.74, 6) is 1.48. The van der Waals surface area contributed by atoms with Gasteiger partial charge in [0.1, 0.15) is 28.8 Å². The van der Waals surface area contributed by atoms with Crippen LogP contribution in [-0.4, -0.2) is 22.4 Å². The molecule has 0 saturated heterocycles. The average molecular weight is 618 g/mol. The molecule has 11 rings (SSSR count). The Labute approximate surface area is 274 Å². The summed E-state index contributed by atoms with van der Waals surface area (Å²) >= 11 is 0. The van der Waals surface area contributed by atoms with E-state index in [1.807, 2.05) is 24.3 Å². The smallest absolute Gasteiger partial charge is 0.229 e. The molecular formula is C43H27N3O2. The summed E-state index contributed by atoms with van der Waals surface area (Å²) in [6, 6.07) is 49.5. The monoisotopic (exact) mass is 617 g/mol. The van der Waals surface area contributed by atoms with Gasteiger partial charge in [0.25, 0.3) is 0 Å². The van der Waals surface area contributed by atoms with Gasteiger partial charge < -0.3 is 18.3 Å². The highest BCUT2D eigenvalue weighted by molar-refractivity contribution is 6.23. The third-order valence-electron chi connectivity index (χ3n) is 10.2. The van der Waals surface area contributed by atoms with Crippen LogP contribution in [0.3, 0.4) is 0 Å². The second-order valence-electron chi connectivity index (χ2n) is 12.8. The Bertz CT molecular complexity index is 2990. The van der Waals surface area contributed by atoms with E-state index < -0.39 is 0 Å².